The smallest absolute Gasteiger partial charge is 0.234 e. The number of thioether (sulfide) groups is 1. The first-order chi connectivity index (χ1) is 16.1. The van der Waals surface area contributed by atoms with Gasteiger partial charge in [-0.2, -0.15) is 0 Å². The highest BCUT2D eigenvalue weighted by Crippen LogP contribution is 2.43. The summed E-state index contributed by atoms with van der Waals surface area (Å²) in [5, 5.41) is -0.124. The van der Waals surface area contributed by atoms with E-state index in [2.05, 4.69) is 0 Å². The van der Waals surface area contributed by atoms with E-state index in [0.717, 1.165) is 16.7 Å². The number of hydrogen-bond acceptors (Lipinski definition) is 6. The van der Waals surface area contributed by atoms with E-state index in [1.165, 1.54) is 0 Å². The van der Waals surface area contributed by atoms with Gasteiger partial charge in [0.1, 0.15) is 23.5 Å². The van der Waals surface area contributed by atoms with Gasteiger partial charge < -0.3 is 23.8 Å². The summed E-state index contributed by atoms with van der Waals surface area (Å²) in [6, 6.07) is 21.5. The van der Waals surface area contributed by atoms with Crippen molar-refractivity contribution in [3.63, 3.8) is 0 Å². The maximum Gasteiger partial charge on any atom is 0.234 e. The van der Waals surface area contributed by atoms with Gasteiger partial charge in [-0.15, -0.1) is 11.8 Å². The number of methoxy groups -OCH3 is 3. The molecule has 0 saturated carbocycles. The Morgan fingerprint density at radius 3 is 2.39 bits per heavy atom. The average Bonchev–Trinajstić information content (AvgIpc) is 3.23. The van der Waals surface area contributed by atoms with Crippen molar-refractivity contribution in [2.75, 3.05) is 27.1 Å². The molecule has 1 fully saturated rings. The third-order valence-corrected chi connectivity index (χ3v) is 6.77. The lowest BCUT2D eigenvalue weighted by Crippen LogP contribution is -2.27. The summed E-state index contributed by atoms with van der Waals surface area (Å²) < 4.78 is 22.4. The van der Waals surface area contributed by atoms with Crippen LogP contribution in [0.5, 0.6) is 23.0 Å². The summed E-state index contributed by atoms with van der Waals surface area (Å²) >= 11 is 1.60. The molecule has 6 nitrogen and oxygen atoms in total. The van der Waals surface area contributed by atoms with E-state index in [1.807, 2.05) is 71.6 Å². The lowest BCUT2D eigenvalue weighted by molar-refractivity contribution is -0.128. The van der Waals surface area contributed by atoms with Crippen LogP contribution in [0.15, 0.2) is 66.7 Å². The maximum atomic E-state index is 12.7. The van der Waals surface area contributed by atoms with E-state index in [-0.39, 0.29) is 11.3 Å². The van der Waals surface area contributed by atoms with Crippen LogP contribution in [0.1, 0.15) is 22.1 Å². The molecule has 1 atom stereocenters. The summed E-state index contributed by atoms with van der Waals surface area (Å²) in [5.74, 6) is 3.24. The van der Waals surface area contributed by atoms with Crippen molar-refractivity contribution < 1.29 is 23.7 Å². The molecule has 7 heteroatoms. The number of amides is 1. The van der Waals surface area contributed by atoms with Crippen LogP contribution in [-0.2, 0) is 17.9 Å². The Hall–Kier alpha value is -3.32. The minimum atomic E-state index is -0.124. The first kappa shape index (κ1) is 22.9. The van der Waals surface area contributed by atoms with Gasteiger partial charge >= 0.3 is 0 Å². The van der Waals surface area contributed by atoms with Gasteiger partial charge in [0.15, 0.2) is 11.5 Å². The Kier molecular flexibility index (Phi) is 7.29. The van der Waals surface area contributed by atoms with Crippen LogP contribution in [-0.4, -0.2) is 37.9 Å². The lowest BCUT2D eigenvalue weighted by Gasteiger charge is -2.26. The van der Waals surface area contributed by atoms with E-state index in [9.17, 15) is 4.79 Å². The second-order valence-electron chi connectivity index (χ2n) is 7.55. The monoisotopic (exact) mass is 465 g/mol. The van der Waals surface area contributed by atoms with Crippen LogP contribution < -0.4 is 18.9 Å². The Morgan fingerprint density at radius 1 is 0.879 bits per heavy atom. The molecule has 33 heavy (non-hydrogen) atoms. The number of carbonyl (C=O) groups is 1. The molecule has 4 rings (SSSR count). The van der Waals surface area contributed by atoms with Crippen molar-refractivity contribution >= 4 is 17.7 Å². The van der Waals surface area contributed by atoms with E-state index >= 15 is 0 Å². The molecule has 172 valence electrons. The van der Waals surface area contributed by atoms with Gasteiger partial charge in [-0.05, 0) is 35.4 Å². The van der Waals surface area contributed by atoms with E-state index in [0.29, 0.717) is 41.9 Å². The number of hydrogen-bond donors (Lipinski definition) is 0. The summed E-state index contributed by atoms with van der Waals surface area (Å²) in [6.07, 6.45) is 0. The Balaban J connectivity index is 1.54. The van der Waals surface area contributed by atoms with Crippen molar-refractivity contribution in [1.82, 2.24) is 4.90 Å². The molecule has 0 N–H and O–H groups in total. The fourth-order valence-corrected chi connectivity index (χ4v) is 4.94. The number of ether oxygens (including phenoxy) is 4. The quantitative estimate of drug-likeness (QED) is 0.440. The van der Waals surface area contributed by atoms with Crippen molar-refractivity contribution in [3.05, 3.63) is 83.4 Å². The topological polar surface area (TPSA) is 57.2 Å². The van der Waals surface area contributed by atoms with Gasteiger partial charge in [-0.25, -0.2) is 0 Å². The molecule has 1 aliphatic heterocycles. The highest BCUT2D eigenvalue weighted by atomic mass is 32.2. The fourth-order valence-electron chi connectivity index (χ4n) is 3.76. The molecular weight excluding hydrogens is 438 g/mol. The molecule has 0 aromatic heterocycles. The molecule has 0 spiro atoms. The zero-order valence-electron chi connectivity index (χ0n) is 18.9. The molecule has 0 bridgehead atoms. The van der Waals surface area contributed by atoms with Crippen molar-refractivity contribution in [2.45, 2.75) is 18.5 Å². The molecule has 0 radical (unpaired) electrons. The summed E-state index contributed by atoms with van der Waals surface area (Å²) in [4.78, 5) is 14.6. The van der Waals surface area contributed by atoms with Crippen LogP contribution in [0.3, 0.4) is 0 Å². The molecule has 3 aromatic rings. The number of carbonyl (C=O) groups excluding carboxylic acids is 1. The fraction of sp³-hybridized carbons (Fsp3) is 0.269. The van der Waals surface area contributed by atoms with Crippen molar-refractivity contribution in [2.24, 2.45) is 0 Å². The standard InChI is InChI=1S/C26H27NO5S/c1-29-21-11-9-20(23(14-21)30-2)15-27-25(28)17-33-26(27)19-10-12-22(24(13-19)31-3)32-16-18-7-5-4-6-8-18/h4-14,26H,15-17H2,1-3H3. The largest absolute Gasteiger partial charge is 0.497 e. The Bertz CT molecular complexity index is 1110. The SMILES string of the molecule is COc1ccc(CN2C(=O)CSC2c2ccc(OCc3ccccc3)c(OC)c2)c(OC)c1. The van der Waals surface area contributed by atoms with Gasteiger partial charge in [0.2, 0.25) is 5.91 Å². The molecule has 0 aliphatic carbocycles. The number of nitrogens with zero attached hydrogens (tertiary/aromatic N) is 1. The summed E-state index contributed by atoms with van der Waals surface area (Å²) in [5.41, 5.74) is 3.00. The van der Waals surface area contributed by atoms with E-state index in [4.69, 9.17) is 18.9 Å². The summed E-state index contributed by atoms with van der Waals surface area (Å²) in [6.45, 7) is 0.898. The molecule has 1 heterocycles. The predicted octanol–water partition coefficient (Wildman–Crippen LogP) is 5.07. The molecule has 1 saturated heterocycles. The summed E-state index contributed by atoms with van der Waals surface area (Å²) in [7, 11) is 4.86. The minimum absolute atomic E-state index is 0.0891. The highest BCUT2D eigenvalue weighted by molar-refractivity contribution is 8.00. The molecule has 1 unspecified atom stereocenters. The van der Waals surface area contributed by atoms with Crippen LogP contribution in [0.2, 0.25) is 0 Å². The average molecular weight is 466 g/mol. The zero-order chi connectivity index (χ0) is 23.2. The van der Waals surface area contributed by atoms with E-state index in [1.54, 1.807) is 33.1 Å². The van der Waals surface area contributed by atoms with Gasteiger partial charge in [-0.3, -0.25) is 4.79 Å². The minimum Gasteiger partial charge on any atom is -0.497 e. The third-order valence-electron chi connectivity index (χ3n) is 5.51. The zero-order valence-corrected chi connectivity index (χ0v) is 19.8. The Morgan fingerprint density at radius 2 is 1.67 bits per heavy atom. The highest BCUT2D eigenvalue weighted by Gasteiger charge is 2.34. The maximum absolute atomic E-state index is 12.7. The Labute approximate surface area is 198 Å². The molecular formula is C26H27NO5S. The van der Waals surface area contributed by atoms with Gasteiger partial charge in [0, 0.05) is 11.6 Å². The molecule has 3 aromatic carbocycles. The molecule has 1 amide bonds. The second-order valence-corrected chi connectivity index (χ2v) is 8.62. The van der Waals surface area contributed by atoms with Crippen LogP contribution in [0.4, 0.5) is 0 Å². The van der Waals surface area contributed by atoms with Crippen LogP contribution in [0, 0.1) is 0 Å². The lowest BCUT2D eigenvalue weighted by atomic mass is 10.1. The van der Waals surface area contributed by atoms with Crippen LogP contribution in [0.25, 0.3) is 0 Å². The third kappa shape index (κ3) is 5.20. The number of rotatable bonds is 9. The van der Waals surface area contributed by atoms with Crippen LogP contribution >= 0.6 is 11.8 Å². The predicted molar refractivity (Wildman–Crippen MR) is 129 cm³/mol. The van der Waals surface area contributed by atoms with E-state index < -0.39 is 0 Å². The van der Waals surface area contributed by atoms with Crippen molar-refractivity contribution in [1.29, 1.82) is 0 Å². The number of benzene rings is 3. The van der Waals surface area contributed by atoms with Gasteiger partial charge in [0.25, 0.3) is 0 Å². The van der Waals surface area contributed by atoms with Gasteiger partial charge in [-0.1, -0.05) is 36.4 Å². The molecule has 1 aliphatic rings. The van der Waals surface area contributed by atoms with Crippen molar-refractivity contribution in [3.8, 4) is 23.0 Å². The second kappa shape index (κ2) is 10.5. The first-order valence-corrected chi connectivity index (χ1v) is 11.6. The van der Waals surface area contributed by atoms with Gasteiger partial charge in [0.05, 0.1) is 33.6 Å². The first-order valence-electron chi connectivity index (χ1n) is 10.6. The normalized spacial score (nSPS) is 15.4.